The van der Waals surface area contributed by atoms with Gasteiger partial charge < -0.3 is 44.0 Å². The standard InChI is InChI=1S/C6H13O9P/c7-1-2-3(8)4(9)5(10)6(14-2)15-16(11,12)13/h2-10H,1H2,(H2,11,12,13)/p-2/t2?,3-,4-,5?,6-/m1/s1. The third kappa shape index (κ3) is 3.20. The Hall–Kier alpha value is -0.0900. The molecule has 0 amide bonds. The Morgan fingerprint density at radius 1 is 1.19 bits per heavy atom. The molecular weight excluding hydrogens is 247 g/mol. The van der Waals surface area contributed by atoms with Gasteiger partial charge in [-0.15, -0.1) is 0 Å². The highest BCUT2D eigenvalue weighted by atomic mass is 31.2. The number of aliphatic hydroxyl groups excluding tert-OH is 4. The molecule has 0 aromatic rings. The molecule has 0 aromatic heterocycles. The van der Waals surface area contributed by atoms with Crippen molar-refractivity contribution >= 4 is 7.82 Å². The summed E-state index contributed by atoms with van der Waals surface area (Å²) >= 11 is 0. The Bertz CT molecular complexity index is 275. The number of phosphoric acid groups is 1. The second kappa shape index (κ2) is 5.05. The molecule has 0 aromatic carbocycles. The van der Waals surface area contributed by atoms with Crippen LogP contribution in [0.15, 0.2) is 0 Å². The van der Waals surface area contributed by atoms with E-state index in [0.29, 0.717) is 0 Å². The SMILES string of the molecule is O=P([O-])([O-])O[C@H]1OC(CO)[C@@H](O)[C@@H](O)C1O. The van der Waals surface area contributed by atoms with Crippen molar-refractivity contribution in [2.24, 2.45) is 0 Å². The molecule has 1 fully saturated rings. The first kappa shape index (κ1) is 14.0. The summed E-state index contributed by atoms with van der Waals surface area (Å²) in [7, 11) is -5.41. The van der Waals surface area contributed by atoms with Crippen LogP contribution in [0.4, 0.5) is 0 Å². The van der Waals surface area contributed by atoms with E-state index in [1.165, 1.54) is 0 Å². The maximum atomic E-state index is 10.3. The largest absolute Gasteiger partial charge is 0.790 e. The fourth-order valence-electron chi connectivity index (χ4n) is 1.28. The smallest absolute Gasteiger partial charge is 0.191 e. The Balaban J connectivity index is 2.75. The number of aliphatic hydroxyl groups is 4. The van der Waals surface area contributed by atoms with Gasteiger partial charge in [-0.25, -0.2) is 0 Å². The number of ether oxygens (including phenoxy) is 1. The first-order valence-electron chi connectivity index (χ1n) is 4.27. The third-order valence-corrected chi connectivity index (χ3v) is 2.55. The third-order valence-electron chi connectivity index (χ3n) is 2.08. The fourth-order valence-corrected chi connectivity index (χ4v) is 1.71. The average Bonchev–Trinajstić information content (AvgIpc) is 2.17. The highest BCUT2D eigenvalue weighted by Gasteiger charge is 2.44. The highest BCUT2D eigenvalue weighted by Crippen LogP contribution is 2.33. The predicted molar refractivity (Wildman–Crippen MR) is 42.5 cm³/mol. The van der Waals surface area contributed by atoms with Crippen LogP contribution in [0.3, 0.4) is 0 Å². The normalized spacial score (nSPS) is 41.0. The molecule has 1 aliphatic rings. The second-order valence-corrected chi connectivity index (χ2v) is 4.36. The Kier molecular flexibility index (Phi) is 4.41. The molecular formula is C6H11O9P-2. The van der Waals surface area contributed by atoms with E-state index in [1.54, 1.807) is 0 Å². The topological polar surface area (TPSA) is 163 Å². The van der Waals surface area contributed by atoms with Crippen LogP contribution in [0.2, 0.25) is 0 Å². The van der Waals surface area contributed by atoms with Gasteiger partial charge in [-0.3, -0.25) is 0 Å². The van der Waals surface area contributed by atoms with Gasteiger partial charge in [0.1, 0.15) is 24.4 Å². The van der Waals surface area contributed by atoms with Gasteiger partial charge in [0.25, 0.3) is 0 Å². The van der Waals surface area contributed by atoms with Crippen molar-refractivity contribution in [1.29, 1.82) is 0 Å². The highest BCUT2D eigenvalue weighted by molar-refractivity contribution is 7.43. The molecule has 1 aliphatic heterocycles. The van der Waals surface area contributed by atoms with Crippen LogP contribution in [0.25, 0.3) is 0 Å². The van der Waals surface area contributed by atoms with Gasteiger partial charge in [-0.2, -0.15) is 0 Å². The maximum absolute atomic E-state index is 10.3. The van der Waals surface area contributed by atoms with Crippen LogP contribution >= 0.6 is 7.82 Å². The number of hydrogen-bond donors (Lipinski definition) is 4. The summed E-state index contributed by atoms with van der Waals surface area (Å²) in [6.07, 6.45) is -8.61. The van der Waals surface area contributed by atoms with Gasteiger partial charge in [0.2, 0.25) is 0 Å². The van der Waals surface area contributed by atoms with E-state index in [2.05, 4.69) is 9.26 Å². The molecule has 1 rings (SSSR count). The summed E-state index contributed by atoms with van der Waals surface area (Å²) in [6, 6.07) is 0. The minimum atomic E-state index is -5.41. The summed E-state index contributed by atoms with van der Waals surface area (Å²) in [5, 5.41) is 36.5. The molecule has 0 bridgehead atoms. The summed E-state index contributed by atoms with van der Waals surface area (Å²) < 4.78 is 18.7. The zero-order chi connectivity index (χ0) is 12.5. The molecule has 0 radical (unpaired) electrons. The number of hydrogen-bond acceptors (Lipinski definition) is 9. The molecule has 0 saturated carbocycles. The summed E-state index contributed by atoms with van der Waals surface area (Å²) in [5.74, 6) is 0. The second-order valence-electron chi connectivity index (χ2n) is 3.25. The van der Waals surface area contributed by atoms with Crippen molar-refractivity contribution in [3.05, 3.63) is 0 Å². The first-order valence-corrected chi connectivity index (χ1v) is 5.73. The van der Waals surface area contributed by atoms with Crippen LogP contribution in [0.1, 0.15) is 0 Å². The van der Waals surface area contributed by atoms with Crippen molar-refractivity contribution in [2.75, 3.05) is 6.61 Å². The molecule has 0 spiro atoms. The Labute approximate surface area is 90.1 Å². The van der Waals surface area contributed by atoms with Crippen molar-refractivity contribution in [2.45, 2.75) is 30.7 Å². The van der Waals surface area contributed by atoms with Crippen molar-refractivity contribution in [3.8, 4) is 0 Å². The number of rotatable bonds is 3. The van der Waals surface area contributed by atoms with Gasteiger partial charge in [0.05, 0.1) is 14.4 Å². The molecule has 96 valence electrons. The molecule has 10 heteroatoms. The molecule has 1 saturated heterocycles. The summed E-state index contributed by atoms with van der Waals surface area (Å²) in [5.41, 5.74) is 0. The lowest BCUT2D eigenvalue weighted by molar-refractivity contribution is -0.368. The van der Waals surface area contributed by atoms with Crippen LogP contribution in [0.5, 0.6) is 0 Å². The van der Waals surface area contributed by atoms with Crippen molar-refractivity contribution < 1.29 is 44.0 Å². The van der Waals surface area contributed by atoms with Gasteiger partial charge in [-0.1, -0.05) is 0 Å². The lowest BCUT2D eigenvalue weighted by Crippen LogP contribution is -2.59. The minimum absolute atomic E-state index is 0.743. The van der Waals surface area contributed by atoms with Crippen LogP contribution in [-0.2, 0) is 13.8 Å². The number of phosphoric ester groups is 1. The maximum Gasteiger partial charge on any atom is 0.191 e. The molecule has 1 heterocycles. The molecule has 4 N–H and O–H groups in total. The summed E-state index contributed by atoms with van der Waals surface area (Å²) in [4.78, 5) is 20.6. The van der Waals surface area contributed by atoms with E-state index < -0.39 is 45.1 Å². The van der Waals surface area contributed by atoms with E-state index in [0.717, 1.165) is 0 Å². The van der Waals surface area contributed by atoms with Gasteiger partial charge in [-0.05, 0) is 0 Å². The predicted octanol–water partition coefficient (Wildman–Crippen LogP) is -4.37. The van der Waals surface area contributed by atoms with E-state index >= 15 is 0 Å². The quantitative estimate of drug-likeness (QED) is 0.366. The van der Waals surface area contributed by atoms with Gasteiger partial charge in [0, 0.05) is 0 Å². The zero-order valence-corrected chi connectivity index (χ0v) is 8.77. The van der Waals surface area contributed by atoms with Gasteiger partial charge in [0.15, 0.2) is 6.29 Å². The Morgan fingerprint density at radius 2 is 1.75 bits per heavy atom. The minimum Gasteiger partial charge on any atom is -0.790 e. The van der Waals surface area contributed by atoms with Crippen molar-refractivity contribution in [3.63, 3.8) is 0 Å². The summed E-state index contributed by atoms with van der Waals surface area (Å²) in [6.45, 7) is -0.743. The van der Waals surface area contributed by atoms with E-state index in [1.807, 2.05) is 0 Å². The Morgan fingerprint density at radius 3 is 2.19 bits per heavy atom. The molecule has 16 heavy (non-hydrogen) atoms. The molecule has 5 atom stereocenters. The first-order chi connectivity index (χ1) is 7.26. The lowest BCUT2D eigenvalue weighted by Gasteiger charge is -2.43. The van der Waals surface area contributed by atoms with Crippen LogP contribution in [-0.4, -0.2) is 57.7 Å². The van der Waals surface area contributed by atoms with E-state index in [-0.39, 0.29) is 0 Å². The van der Waals surface area contributed by atoms with Gasteiger partial charge >= 0.3 is 0 Å². The van der Waals surface area contributed by atoms with Crippen molar-refractivity contribution in [1.82, 2.24) is 0 Å². The molecule has 9 nitrogen and oxygen atoms in total. The monoisotopic (exact) mass is 258 g/mol. The zero-order valence-electron chi connectivity index (χ0n) is 7.87. The van der Waals surface area contributed by atoms with Crippen LogP contribution < -0.4 is 9.79 Å². The van der Waals surface area contributed by atoms with Crippen LogP contribution in [0, 0.1) is 0 Å². The average molecular weight is 258 g/mol. The van der Waals surface area contributed by atoms with E-state index in [9.17, 15) is 29.7 Å². The molecule has 2 unspecified atom stereocenters. The van der Waals surface area contributed by atoms with E-state index in [4.69, 9.17) is 5.11 Å². The molecule has 0 aliphatic carbocycles. The lowest BCUT2D eigenvalue weighted by atomic mass is 10.00. The fraction of sp³-hybridized carbons (Fsp3) is 1.00.